The van der Waals surface area contributed by atoms with Crippen LogP contribution in [-0.2, 0) is 0 Å². The van der Waals surface area contributed by atoms with E-state index in [0.29, 0.717) is 17.0 Å². The third-order valence-electron chi connectivity index (χ3n) is 3.04. The zero-order chi connectivity index (χ0) is 13.0. The van der Waals surface area contributed by atoms with Crippen LogP contribution >= 0.6 is 11.6 Å². The van der Waals surface area contributed by atoms with Crippen LogP contribution in [0.15, 0.2) is 12.4 Å². The minimum Gasteiger partial charge on any atom is -0.465 e. The van der Waals surface area contributed by atoms with E-state index < -0.39 is 6.09 Å². The summed E-state index contributed by atoms with van der Waals surface area (Å²) in [5.74, 6) is 0.713. The van der Waals surface area contributed by atoms with E-state index in [4.69, 9.17) is 16.7 Å². The van der Waals surface area contributed by atoms with Gasteiger partial charge in [-0.25, -0.2) is 14.8 Å². The van der Waals surface area contributed by atoms with Crippen molar-refractivity contribution in [3.05, 3.63) is 17.5 Å². The van der Waals surface area contributed by atoms with E-state index >= 15 is 0 Å². The van der Waals surface area contributed by atoms with E-state index in [9.17, 15) is 4.79 Å². The molecule has 1 heterocycles. The lowest BCUT2D eigenvalue weighted by atomic mass is 9.91. The molecule has 0 aliphatic heterocycles. The second-order valence-corrected chi connectivity index (χ2v) is 4.76. The standard InChI is InChI=1S/C11H15ClN4O2/c12-9-5-10(14-6-13-9)15-7-1-3-8(4-2-7)16-11(17)18/h5-8,16H,1-4H2,(H,17,18)(H,13,14,15)/t7-,8-. The first-order valence-corrected chi connectivity index (χ1v) is 6.25. The molecule has 1 amide bonds. The van der Waals surface area contributed by atoms with Crippen molar-refractivity contribution in [2.45, 2.75) is 37.8 Å². The molecule has 0 saturated heterocycles. The molecule has 1 aromatic heterocycles. The predicted molar refractivity (Wildman–Crippen MR) is 67.9 cm³/mol. The van der Waals surface area contributed by atoms with Crippen LogP contribution in [0.2, 0.25) is 5.15 Å². The van der Waals surface area contributed by atoms with Crippen LogP contribution in [0.1, 0.15) is 25.7 Å². The van der Waals surface area contributed by atoms with Crippen molar-refractivity contribution in [2.75, 3.05) is 5.32 Å². The number of hydrogen-bond donors (Lipinski definition) is 3. The minimum atomic E-state index is -0.950. The SMILES string of the molecule is O=C(O)N[C@H]1CC[C@H](Nc2cc(Cl)ncn2)CC1. The smallest absolute Gasteiger partial charge is 0.404 e. The van der Waals surface area contributed by atoms with Gasteiger partial charge in [0.2, 0.25) is 0 Å². The summed E-state index contributed by atoms with van der Waals surface area (Å²) >= 11 is 5.78. The summed E-state index contributed by atoms with van der Waals surface area (Å²) in [6.45, 7) is 0. The summed E-state index contributed by atoms with van der Waals surface area (Å²) in [4.78, 5) is 18.4. The number of aromatic nitrogens is 2. The van der Waals surface area contributed by atoms with Gasteiger partial charge in [0.1, 0.15) is 17.3 Å². The largest absolute Gasteiger partial charge is 0.465 e. The van der Waals surface area contributed by atoms with E-state index in [2.05, 4.69) is 20.6 Å². The summed E-state index contributed by atoms with van der Waals surface area (Å²) in [7, 11) is 0. The number of hydrogen-bond acceptors (Lipinski definition) is 4. The van der Waals surface area contributed by atoms with Gasteiger partial charge in [-0.1, -0.05) is 11.6 Å². The first-order valence-electron chi connectivity index (χ1n) is 5.87. The van der Waals surface area contributed by atoms with Gasteiger partial charge in [-0.3, -0.25) is 0 Å². The van der Waals surface area contributed by atoms with Crippen molar-refractivity contribution in [2.24, 2.45) is 0 Å². The fourth-order valence-corrected chi connectivity index (χ4v) is 2.33. The molecule has 0 unspecified atom stereocenters. The molecule has 7 heteroatoms. The highest BCUT2D eigenvalue weighted by Crippen LogP contribution is 2.22. The molecule has 1 aliphatic carbocycles. The normalized spacial score (nSPS) is 23.4. The van der Waals surface area contributed by atoms with E-state index in [1.165, 1.54) is 6.33 Å². The fourth-order valence-electron chi connectivity index (χ4n) is 2.18. The molecule has 1 aromatic rings. The van der Waals surface area contributed by atoms with E-state index in [1.54, 1.807) is 6.07 Å². The number of nitrogens with one attached hydrogen (secondary N) is 2. The molecule has 0 radical (unpaired) electrons. The zero-order valence-electron chi connectivity index (χ0n) is 9.77. The van der Waals surface area contributed by atoms with Gasteiger partial charge >= 0.3 is 6.09 Å². The Morgan fingerprint density at radius 2 is 1.94 bits per heavy atom. The number of carboxylic acid groups (broad SMARTS) is 1. The Morgan fingerprint density at radius 1 is 1.28 bits per heavy atom. The zero-order valence-corrected chi connectivity index (χ0v) is 10.5. The maximum absolute atomic E-state index is 10.5. The third kappa shape index (κ3) is 3.73. The van der Waals surface area contributed by atoms with Crippen LogP contribution < -0.4 is 10.6 Å². The number of rotatable bonds is 3. The van der Waals surface area contributed by atoms with E-state index in [-0.39, 0.29) is 6.04 Å². The monoisotopic (exact) mass is 270 g/mol. The molecule has 1 fully saturated rings. The van der Waals surface area contributed by atoms with Crippen molar-refractivity contribution in [1.29, 1.82) is 0 Å². The van der Waals surface area contributed by atoms with Crippen molar-refractivity contribution < 1.29 is 9.90 Å². The Kier molecular flexibility index (Phi) is 4.19. The summed E-state index contributed by atoms with van der Waals surface area (Å²) in [5, 5.41) is 14.9. The topological polar surface area (TPSA) is 87.1 Å². The molecule has 0 atom stereocenters. The maximum Gasteiger partial charge on any atom is 0.404 e. The molecule has 0 spiro atoms. The number of anilines is 1. The number of halogens is 1. The number of carbonyl (C=O) groups is 1. The highest BCUT2D eigenvalue weighted by Gasteiger charge is 2.22. The minimum absolute atomic E-state index is 0.0644. The van der Waals surface area contributed by atoms with Gasteiger partial charge in [0, 0.05) is 18.2 Å². The average molecular weight is 271 g/mol. The van der Waals surface area contributed by atoms with Gasteiger partial charge in [-0.2, -0.15) is 0 Å². The van der Waals surface area contributed by atoms with Crippen molar-refractivity contribution in [3.63, 3.8) is 0 Å². The summed E-state index contributed by atoms with van der Waals surface area (Å²) < 4.78 is 0. The van der Waals surface area contributed by atoms with Gasteiger partial charge in [0.15, 0.2) is 0 Å². The average Bonchev–Trinajstić information content (AvgIpc) is 2.31. The molecule has 98 valence electrons. The lowest BCUT2D eigenvalue weighted by Crippen LogP contribution is -2.39. The predicted octanol–water partition coefficient (Wildman–Crippen LogP) is 2.12. The molecule has 1 aliphatic rings. The highest BCUT2D eigenvalue weighted by molar-refractivity contribution is 6.29. The van der Waals surface area contributed by atoms with Gasteiger partial charge < -0.3 is 15.7 Å². The van der Waals surface area contributed by atoms with Crippen LogP contribution in [0, 0.1) is 0 Å². The van der Waals surface area contributed by atoms with Crippen LogP contribution in [0.25, 0.3) is 0 Å². The highest BCUT2D eigenvalue weighted by atomic mass is 35.5. The second-order valence-electron chi connectivity index (χ2n) is 4.37. The number of amides is 1. The molecule has 1 saturated carbocycles. The molecular weight excluding hydrogens is 256 g/mol. The molecule has 0 bridgehead atoms. The van der Waals surface area contributed by atoms with Gasteiger partial charge in [-0.05, 0) is 25.7 Å². The maximum atomic E-state index is 10.5. The Balaban J connectivity index is 1.81. The van der Waals surface area contributed by atoms with Crippen LogP contribution in [-0.4, -0.2) is 33.3 Å². The summed E-state index contributed by atoms with van der Waals surface area (Å²) in [5.41, 5.74) is 0. The number of nitrogens with zero attached hydrogens (tertiary/aromatic N) is 2. The quantitative estimate of drug-likeness (QED) is 0.733. The fraction of sp³-hybridized carbons (Fsp3) is 0.545. The van der Waals surface area contributed by atoms with Crippen molar-refractivity contribution >= 4 is 23.5 Å². The van der Waals surface area contributed by atoms with Gasteiger partial charge in [-0.15, -0.1) is 0 Å². The molecule has 0 aromatic carbocycles. The van der Waals surface area contributed by atoms with E-state index in [0.717, 1.165) is 25.7 Å². The van der Waals surface area contributed by atoms with Crippen molar-refractivity contribution in [3.8, 4) is 0 Å². The second kappa shape index (κ2) is 5.86. The van der Waals surface area contributed by atoms with Crippen LogP contribution in [0.4, 0.5) is 10.6 Å². The molecule has 3 N–H and O–H groups in total. The molecule has 18 heavy (non-hydrogen) atoms. The first kappa shape index (κ1) is 12.9. The Hall–Kier alpha value is -1.56. The first-order chi connectivity index (χ1) is 8.63. The molecule has 2 rings (SSSR count). The van der Waals surface area contributed by atoms with Crippen molar-refractivity contribution in [1.82, 2.24) is 15.3 Å². The van der Waals surface area contributed by atoms with E-state index in [1.807, 2.05) is 0 Å². The van der Waals surface area contributed by atoms with Gasteiger partial charge in [0.05, 0.1) is 0 Å². The third-order valence-corrected chi connectivity index (χ3v) is 3.25. The lowest BCUT2D eigenvalue weighted by molar-refractivity contribution is 0.185. The molecular formula is C11H15ClN4O2. The lowest BCUT2D eigenvalue weighted by Gasteiger charge is -2.29. The van der Waals surface area contributed by atoms with Crippen LogP contribution in [0.3, 0.4) is 0 Å². The summed E-state index contributed by atoms with van der Waals surface area (Å²) in [6, 6.07) is 2.06. The Morgan fingerprint density at radius 3 is 2.56 bits per heavy atom. The van der Waals surface area contributed by atoms with Crippen LogP contribution in [0.5, 0.6) is 0 Å². The Bertz CT molecular complexity index is 421. The Labute approximate surface area is 110 Å². The summed E-state index contributed by atoms with van der Waals surface area (Å²) in [6.07, 6.45) is 3.96. The van der Waals surface area contributed by atoms with Gasteiger partial charge in [0.25, 0.3) is 0 Å². The molecule has 6 nitrogen and oxygen atoms in total.